The lowest BCUT2D eigenvalue weighted by molar-refractivity contribution is 0.0701. The van der Waals surface area contributed by atoms with Gasteiger partial charge >= 0.3 is 5.97 Å². The van der Waals surface area contributed by atoms with Crippen LogP contribution in [0.15, 0.2) is 76.4 Å². The Kier molecular flexibility index (Phi) is 5.64. The molecule has 136 valence electrons. The fraction of sp³-hybridized carbons (Fsp3) is 0.0500. The molecule has 1 aromatic heterocycles. The van der Waals surface area contributed by atoms with Gasteiger partial charge in [0.25, 0.3) is 5.91 Å². The first-order chi connectivity index (χ1) is 13.2. The zero-order chi connectivity index (χ0) is 19.1. The van der Waals surface area contributed by atoms with Crippen LogP contribution in [-0.4, -0.2) is 25.2 Å². The molecule has 2 aromatic carbocycles. The number of hydrogen-bond donors (Lipinski definition) is 1. The standard InChI is InChI=1S/C20H16N2O5/c1-25-16-10-6-15(7-11-16)19(23)22-21-13-14-4-8-17(9-5-14)27-20(24)18-3-2-12-26-18/h2-13H,1H3,(H,22,23)/b21-13-. The number of rotatable bonds is 6. The fourth-order valence-electron chi connectivity index (χ4n) is 2.15. The van der Waals surface area contributed by atoms with Gasteiger partial charge in [0, 0.05) is 5.56 Å². The van der Waals surface area contributed by atoms with Crippen molar-refractivity contribution >= 4 is 18.1 Å². The predicted octanol–water partition coefficient (Wildman–Crippen LogP) is 3.27. The molecule has 0 spiro atoms. The minimum absolute atomic E-state index is 0.127. The van der Waals surface area contributed by atoms with Crippen molar-refractivity contribution < 1.29 is 23.5 Å². The van der Waals surface area contributed by atoms with Gasteiger partial charge in [-0.05, 0) is 66.2 Å². The molecule has 7 heteroatoms. The number of nitrogens with one attached hydrogen (secondary N) is 1. The van der Waals surface area contributed by atoms with E-state index in [1.807, 2.05) is 0 Å². The van der Waals surface area contributed by atoms with Crippen LogP contribution in [0, 0.1) is 0 Å². The zero-order valence-electron chi connectivity index (χ0n) is 14.4. The summed E-state index contributed by atoms with van der Waals surface area (Å²) in [6.07, 6.45) is 2.88. The minimum Gasteiger partial charge on any atom is -0.497 e. The van der Waals surface area contributed by atoms with Crippen molar-refractivity contribution in [2.75, 3.05) is 7.11 Å². The number of furan rings is 1. The number of hydrazone groups is 1. The van der Waals surface area contributed by atoms with E-state index in [2.05, 4.69) is 10.5 Å². The molecule has 1 amide bonds. The van der Waals surface area contributed by atoms with Crippen LogP contribution >= 0.6 is 0 Å². The maximum Gasteiger partial charge on any atom is 0.379 e. The average Bonchev–Trinajstić information content (AvgIpc) is 3.24. The number of methoxy groups -OCH3 is 1. The van der Waals surface area contributed by atoms with Crippen LogP contribution in [-0.2, 0) is 0 Å². The van der Waals surface area contributed by atoms with E-state index in [4.69, 9.17) is 13.9 Å². The summed E-state index contributed by atoms with van der Waals surface area (Å²) < 4.78 is 15.2. The van der Waals surface area contributed by atoms with Crippen molar-refractivity contribution in [1.82, 2.24) is 5.43 Å². The number of nitrogens with zero attached hydrogens (tertiary/aromatic N) is 1. The second-order valence-corrected chi connectivity index (χ2v) is 5.36. The SMILES string of the molecule is COc1ccc(C(=O)N/N=C\c2ccc(OC(=O)c3ccco3)cc2)cc1. The Morgan fingerprint density at radius 3 is 2.33 bits per heavy atom. The van der Waals surface area contributed by atoms with Crippen LogP contribution in [0.3, 0.4) is 0 Å². The van der Waals surface area contributed by atoms with Crippen LogP contribution in [0.5, 0.6) is 11.5 Å². The van der Waals surface area contributed by atoms with Crippen molar-refractivity contribution in [2.24, 2.45) is 5.10 Å². The number of carbonyl (C=O) groups is 2. The summed E-state index contributed by atoms with van der Waals surface area (Å²) in [6, 6.07) is 16.5. The summed E-state index contributed by atoms with van der Waals surface area (Å²) in [4.78, 5) is 23.8. The van der Waals surface area contributed by atoms with Gasteiger partial charge in [-0.1, -0.05) is 0 Å². The molecule has 0 radical (unpaired) electrons. The van der Waals surface area contributed by atoms with Crippen LogP contribution < -0.4 is 14.9 Å². The molecule has 0 aliphatic heterocycles. The highest BCUT2D eigenvalue weighted by Crippen LogP contribution is 2.14. The van der Waals surface area contributed by atoms with E-state index in [0.717, 1.165) is 5.56 Å². The summed E-state index contributed by atoms with van der Waals surface area (Å²) in [5.74, 6) is 0.256. The van der Waals surface area contributed by atoms with Gasteiger partial charge in [-0.25, -0.2) is 10.2 Å². The monoisotopic (exact) mass is 364 g/mol. The van der Waals surface area contributed by atoms with E-state index in [1.54, 1.807) is 61.7 Å². The van der Waals surface area contributed by atoms with E-state index in [0.29, 0.717) is 17.1 Å². The van der Waals surface area contributed by atoms with Gasteiger partial charge in [-0.3, -0.25) is 4.79 Å². The number of amides is 1. The van der Waals surface area contributed by atoms with Crippen molar-refractivity contribution in [3.05, 3.63) is 83.8 Å². The largest absolute Gasteiger partial charge is 0.497 e. The number of esters is 1. The van der Waals surface area contributed by atoms with Crippen LogP contribution in [0.2, 0.25) is 0 Å². The third kappa shape index (κ3) is 4.82. The summed E-state index contributed by atoms with van der Waals surface area (Å²) in [7, 11) is 1.56. The van der Waals surface area contributed by atoms with Gasteiger partial charge in [-0.15, -0.1) is 0 Å². The first-order valence-electron chi connectivity index (χ1n) is 7.99. The molecule has 0 aliphatic rings. The molecule has 7 nitrogen and oxygen atoms in total. The second kappa shape index (κ2) is 8.48. The molecule has 0 unspecified atom stereocenters. The summed E-state index contributed by atoms with van der Waals surface area (Å²) in [5.41, 5.74) is 3.63. The third-order valence-corrected chi connectivity index (χ3v) is 3.54. The molecule has 0 saturated heterocycles. The first kappa shape index (κ1) is 17.9. The minimum atomic E-state index is -0.576. The van der Waals surface area contributed by atoms with E-state index >= 15 is 0 Å². The van der Waals surface area contributed by atoms with E-state index in [9.17, 15) is 9.59 Å². The molecule has 27 heavy (non-hydrogen) atoms. The highest BCUT2D eigenvalue weighted by atomic mass is 16.5. The fourth-order valence-corrected chi connectivity index (χ4v) is 2.15. The molecular weight excluding hydrogens is 348 g/mol. The number of carbonyl (C=O) groups excluding carboxylic acids is 2. The molecule has 0 bridgehead atoms. The van der Waals surface area contributed by atoms with E-state index in [-0.39, 0.29) is 11.7 Å². The molecule has 3 rings (SSSR count). The Morgan fingerprint density at radius 2 is 1.70 bits per heavy atom. The average molecular weight is 364 g/mol. The Balaban J connectivity index is 1.54. The molecular formula is C20H16N2O5. The lowest BCUT2D eigenvalue weighted by atomic mass is 10.2. The first-order valence-corrected chi connectivity index (χ1v) is 7.99. The predicted molar refractivity (Wildman–Crippen MR) is 98.2 cm³/mol. The van der Waals surface area contributed by atoms with Crippen molar-refractivity contribution in [1.29, 1.82) is 0 Å². The molecule has 0 saturated carbocycles. The molecule has 0 fully saturated rings. The van der Waals surface area contributed by atoms with Gasteiger partial charge in [0.05, 0.1) is 19.6 Å². The second-order valence-electron chi connectivity index (χ2n) is 5.36. The van der Waals surface area contributed by atoms with Crippen LogP contribution in [0.4, 0.5) is 0 Å². The van der Waals surface area contributed by atoms with Crippen molar-refractivity contribution in [3.63, 3.8) is 0 Å². The Labute approximate surface area is 155 Å². The maximum atomic E-state index is 12.0. The topological polar surface area (TPSA) is 90.1 Å². The van der Waals surface area contributed by atoms with Gasteiger partial charge in [0.2, 0.25) is 5.76 Å². The lowest BCUT2D eigenvalue weighted by Crippen LogP contribution is -2.17. The van der Waals surface area contributed by atoms with Crippen molar-refractivity contribution in [3.8, 4) is 11.5 Å². The van der Waals surface area contributed by atoms with E-state index in [1.165, 1.54) is 18.5 Å². The maximum absolute atomic E-state index is 12.0. The smallest absolute Gasteiger partial charge is 0.379 e. The summed E-state index contributed by atoms with van der Waals surface area (Å²) >= 11 is 0. The quantitative estimate of drug-likeness (QED) is 0.314. The van der Waals surface area contributed by atoms with Gasteiger partial charge in [0.15, 0.2) is 0 Å². The van der Waals surface area contributed by atoms with Crippen LogP contribution in [0.1, 0.15) is 26.5 Å². The normalized spacial score (nSPS) is 10.6. The third-order valence-electron chi connectivity index (χ3n) is 3.54. The molecule has 3 aromatic rings. The Hall–Kier alpha value is -3.87. The highest BCUT2D eigenvalue weighted by Gasteiger charge is 2.11. The molecule has 1 heterocycles. The van der Waals surface area contributed by atoms with Gasteiger partial charge < -0.3 is 13.9 Å². The van der Waals surface area contributed by atoms with Gasteiger partial charge in [0.1, 0.15) is 11.5 Å². The number of benzene rings is 2. The molecule has 0 atom stereocenters. The number of ether oxygens (including phenoxy) is 2. The van der Waals surface area contributed by atoms with Gasteiger partial charge in [-0.2, -0.15) is 5.10 Å². The van der Waals surface area contributed by atoms with E-state index < -0.39 is 5.97 Å². The zero-order valence-corrected chi connectivity index (χ0v) is 14.4. The molecule has 1 N–H and O–H groups in total. The Morgan fingerprint density at radius 1 is 1.00 bits per heavy atom. The molecule has 0 aliphatic carbocycles. The Bertz CT molecular complexity index is 930. The summed E-state index contributed by atoms with van der Waals surface area (Å²) in [5, 5.41) is 3.91. The highest BCUT2D eigenvalue weighted by molar-refractivity contribution is 5.95. The summed E-state index contributed by atoms with van der Waals surface area (Å²) in [6.45, 7) is 0. The van der Waals surface area contributed by atoms with Crippen molar-refractivity contribution in [2.45, 2.75) is 0 Å². The number of hydrogen-bond acceptors (Lipinski definition) is 6. The van der Waals surface area contributed by atoms with Crippen LogP contribution in [0.25, 0.3) is 0 Å². The lowest BCUT2D eigenvalue weighted by Gasteiger charge is -2.03.